The van der Waals surface area contributed by atoms with Crippen molar-refractivity contribution in [2.45, 2.75) is 25.5 Å². The summed E-state index contributed by atoms with van der Waals surface area (Å²) in [4.78, 5) is 0. The zero-order chi connectivity index (χ0) is 16.6. The van der Waals surface area contributed by atoms with Crippen LogP contribution in [0.15, 0.2) is 48.0 Å². The zero-order valence-electron chi connectivity index (χ0n) is 13.6. The fourth-order valence-corrected chi connectivity index (χ4v) is 4.36. The van der Waals surface area contributed by atoms with E-state index in [4.69, 9.17) is 9.47 Å². The number of benzene rings is 2. The van der Waals surface area contributed by atoms with Crippen molar-refractivity contribution < 1.29 is 9.47 Å². The molecule has 1 aliphatic heterocycles. The van der Waals surface area contributed by atoms with E-state index in [1.165, 1.54) is 11.1 Å². The highest BCUT2D eigenvalue weighted by Crippen LogP contribution is 2.40. The van der Waals surface area contributed by atoms with Gasteiger partial charge in [0.1, 0.15) is 11.5 Å². The molecular weight excluding hydrogens is 332 g/mol. The Labute approximate surface area is 149 Å². The first-order valence-electron chi connectivity index (χ1n) is 8.54. The lowest BCUT2D eigenvalue weighted by atomic mass is 10.1. The van der Waals surface area contributed by atoms with E-state index in [2.05, 4.69) is 28.7 Å². The van der Waals surface area contributed by atoms with E-state index in [0.717, 1.165) is 47.2 Å². The summed E-state index contributed by atoms with van der Waals surface area (Å²) in [7, 11) is 0. The summed E-state index contributed by atoms with van der Waals surface area (Å²) in [6, 6.07) is 15.0. The Morgan fingerprint density at radius 2 is 2.20 bits per heavy atom. The number of thiophene rings is 1. The summed E-state index contributed by atoms with van der Waals surface area (Å²) < 4.78 is 15.1. The first-order valence-corrected chi connectivity index (χ1v) is 9.42. The maximum Gasteiger partial charge on any atom is 0.150 e. The van der Waals surface area contributed by atoms with E-state index < -0.39 is 0 Å². The monoisotopic (exact) mass is 349 g/mol. The molecule has 5 heteroatoms. The largest absolute Gasteiger partial charge is 0.455 e. The van der Waals surface area contributed by atoms with Crippen molar-refractivity contribution in [2.75, 3.05) is 6.61 Å². The van der Waals surface area contributed by atoms with Crippen LogP contribution < -0.4 is 4.74 Å². The highest BCUT2D eigenvalue weighted by Gasteiger charge is 2.20. The summed E-state index contributed by atoms with van der Waals surface area (Å²) >= 11 is 1.69. The van der Waals surface area contributed by atoms with Crippen molar-refractivity contribution in [2.24, 2.45) is 0 Å². The molecule has 0 saturated carbocycles. The number of hydrogen-bond donors (Lipinski definition) is 0. The molecule has 1 aliphatic rings. The standard InChI is InChI=1S/C20H17N2O2S/c1-2-6-14(7-3-1)24-18-13-25-20-15(18)9-10-17-16(20)12-21-22(17)19-8-4-5-11-23-19/h1-3,6,9-10,12-13,19H,4-5,8,11H2. The molecule has 2 aromatic heterocycles. The molecule has 25 heavy (non-hydrogen) atoms. The highest BCUT2D eigenvalue weighted by molar-refractivity contribution is 7.18. The lowest BCUT2D eigenvalue weighted by molar-refractivity contribution is -0.0366. The van der Waals surface area contributed by atoms with Crippen LogP contribution in [0.5, 0.6) is 11.5 Å². The summed E-state index contributed by atoms with van der Waals surface area (Å²) in [5.74, 6) is 1.60. The van der Waals surface area contributed by atoms with Crippen LogP contribution in [0.1, 0.15) is 25.5 Å². The third kappa shape index (κ3) is 2.60. The van der Waals surface area contributed by atoms with Crippen LogP contribution in [0, 0.1) is 6.07 Å². The lowest BCUT2D eigenvalue weighted by Gasteiger charge is -2.23. The third-order valence-electron chi connectivity index (χ3n) is 4.61. The van der Waals surface area contributed by atoms with Crippen molar-refractivity contribution in [1.29, 1.82) is 0 Å². The number of hydrogen-bond acceptors (Lipinski definition) is 4. The average Bonchev–Trinajstić information content (AvgIpc) is 3.27. The minimum atomic E-state index is 0.0540. The first-order chi connectivity index (χ1) is 12.4. The number of aromatic nitrogens is 2. The topological polar surface area (TPSA) is 36.3 Å². The molecule has 1 saturated heterocycles. The predicted octanol–water partition coefficient (Wildman–Crippen LogP) is 5.54. The van der Waals surface area contributed by atoms with Gasteiger partial charge in [-0.1, -0.05) is 18.2 Å². The minimum absolute atomic E-state index is 0.0540. The van der Waals surface area contributed by atoms with Gasteiger partial charge in [0.25, 0.3) is 0 Å². The van der Waals surface area contributed by atoms with Crippen LogP contribution in [0.25, 0.3) is 21.0 Å². The second-order valence-electron chi connectivity index (χ2n) is 6.21. The SMILES string of the molecule is [c]1ccccc1Oc1csc2c1ccc1c2cnn1C1CCCCO1. The molecule has 1 unspecified atom stereocenters. The fraction of sp³-hybridized carbons (Fsp3) is 0.250. The quantitative estimate of drug-likeness (QED) is 0.487. The lowest BCUT2D eigenvalue weighted by Crippen LogP contribution is -2.18. The van der Waals surface area contributed by atoms with Gasteiger partial charge in [0.15, 0.2) is 6.23 Å². The van der Waals surface area contributed by atoms with Gasteiger partial charge in [-0.3, -0.25) is 0 Å². The number of para-hydroxylation sites is 1. The second-order valence-corrected chi connectivity index (χ2v) is 7.09. The number of rotatable bonds is 3. The Morgan fingerprint density at radius 3 is 3.04 bits per heavy atom. The minimum Gasteiger partial charge on any atom is -0.455 e. The highest BCUT2D eigenvalue weighted by atomic mass is 32.1. The normalized spacial score (nSPS) is 18.0. The summed E-state index contributed by atoms with van der Waals surface area (Å²) in [5, 5.41) is 8.93. The van der Waals surface area contributed by atoms with Crippen LogP contribution in [-0.2, 0) is 4.74 Å². The molecule has 0 N–H and O–H groups in total. The molecule has 4 aromatic rings. The number of nitrogens with zero attached hydrogens (tertiary/aromatic N) is 2. The number of ether oxygens (including phenoxy) is 2. The van der Waals surface area contributed by atoms with Gasteiger partial charge in [-0.2, -0.15) is 5.10 Å². The molecule has 3 heterocycles. The molecule has 0 amide bonds. The van der Waals surface area contributed by atoms with Crippen LogP contribution in [0.3, 0.4) is 0 Å². The van der Waals surface area contributed by atoms with Gasteiger partial charge in [-0.05, 0) is 37.5 Å². The smallest absolute Gasteiger partial charge is 0.150 e. The van der Waals surface area contributed by atoms with Crippen LogP contribution in [-0.4, -0.2) is 16.4 Å². The fourth-order valence-electron chi connectivity index (χ4n) is 3.38. The molecule has 2 aromatic carbocycles. The van der Waals surface area contributed by atoms with E-state index >= 15 is 0 Å². The molecule has 0 spiro atoms. The van der Waals surface area contributed by atoms with Crippen molar-refractivity contribution in [1.82, 2.24) is 9.78 Å². The van der Waals surface area contributed by atoms with E-state index in [1.54, 1.807) is 11.3 Å². The Kier molecular flexibility index (Phi) is 3.68. The van der Waals surface area contributed by atoms with Crippen molar-refractivity contribution >= 4 is 32.3 Å². The molecule has 1 fully saturated rings. The van der Waals surface area contributed by atoms with E-state index in [9.17, 15) is 0 Å². The molecule has 5 rings (SSSR count). The van der Waals surface area contributed by atoms with Crippen LogP contribution in [0.2, 0.25) is 0 Å². The molecule has 125 valence electrons. The van der Waals surface area contributed by atoms with Crippen molar-refractivity contribution in [3.63, 3.8) is 0 Å². The maximum atomic E-state index is 6.01. The molecule has 0 bridgehead atoms. The van der Waals surface area contributed by atoms with Gasteiger partial charge < -0.3 is 9.47 Å². The zero-order valence-corrected chi connectivity index (χ0v) is 14.5. The molecule has 1 atom stereocenters. The molecule has 0 aliphatic carbocycles. The van der Waals surface area contributed by atoms with Gasteiger partial charge in [-0.25, -0.2) is 4.68 Å². The van der Waals surface area contributed by atoms with E-state index in [-0.39, 0.29) is 6.23 Å². The number of fused-ring (bicyclic) bond motifs is 3. The van der Waals surface area contributed by atoms with Gasteiger partial charge in [0, 0.05) is 33.5 Å². The summed E-state index contributed by atoms with van der Waals surface area (Å²) in [6.45, 7) is 0.818. The Bertz CT molecular complexity index is 1020. The van der Waals surface area contributed by atoms with Crippen molar-refractivity contribution in [3.05, 3.63) is 54.0 Å². The third-order valence-corrected chi connectivity index (χ3v) is 5.62. The Hall–Kier alpha value is -2.37. The Balaban J connectivity index is 1.56. The first kappa shape index (κ1) is 14.9. The Morgan fingerprint density at radius 1 is 1.20 bits per heavy atom. The molecule has 4 nitrogen and oxygen atoms in total. The van der Waals surface area contributed by atoms with Gasteiger partial charge >= 0.3 is 0 Å². The second kappa shape index (κ2) is 6.17. The van der Waals surface area contributed by atoms with Crippen LogP contribution >= 0.6 is 11.3 Å². The van der Waals surface area contributed by atoms with E-state index in [0.29, 0.717) is 0 Å². The summed E-state index contributed by atoms with van der Waals surface area (Å²) in [6.07, 6.45) is 5.36. The van der Waals surface area contributed by atoms with E-state index in [1.807, 2.05) is 35.1 Å². The van der Waals surface area contributed by atoms with Gasteiger partial charge in [-0.15, -0.1) is 11.3 Å². The van der Waals surface area contributed by atoms with Gasteiger partial charge in [0.05, 0.1) is 11.7 Å². The summed E-state index contributed by atoms with van der Waals surface area (Å²) in [5.41, 5.74) is 1.12. The molecular formula is C20H17N2O2S. The van der Waals surface area contributed by atoms with Crippen molar-refractivity contribution in [3.8, 4) is 11.5 Å². The van der Waals surface area contributed by atoms with Crippen LogP contribution in [0.4, 0.5) is 0 Å². The predicted molar refractivity (Wildman–Crippen MR) is 99.3 cm³/mol. The van der Waals surface area contributed by atoms with Gasteiger partial charge in [0.2, 0.25) is 0 Å². The average molecular weight is 349 g/mol. The maximum absolute atomic E-state index is 6.01. The molecule has 1 radical (unpaired) electrons.